The molecule has 264 valence electrons. The van der Waals surface area contributed by atoms with E-state index in [0.717, 1.165) is 27.6 Å². The maximum absolute atomic E-state index is 14.1. The number of sulfonamides is 1. The molecule has 1 saturated heterocycles. The number of benzene rings is 3. The predicted octanol–water partition coefficient (Wildman–Crippen LogP) is 1.80. The number of likely N-dealkylation sites (tertiary alicyclic amines) is 1. The molecule has 1 fully saturated rings. The first-order valence-corrected chi connectivity index (χ1v) is 18.1. The van der Waals surface area contributed by atoms with Crippen LogP contribution in [-0.4, -0.2) is 79.1 Å². The van der Waals surface area contributed by atoms with Crippen LogP contribution in [0.4, 0.5) is 5.69 Å². The maximum atomic E-state index is 14.1. The minimum absolute atomic E-state index is 0.0484. The van der Waals surface area contributed by atoms with Gasteiger partial charge in [0.1, 0.15) is 18.1 Å². The summed E-state index contributed by atoms with van der Waals surface area (Å²) in [4.78, 5) is 40.8. The monoisotopic (exact) mass is 694 g/mol. The zero-order valence-corrected chi connectivity index (χ0v) is 28.2. The van der Waals surface area contributed by atoms with Crippen molar-refractivity contribution in [3.8, 4) is 0 Å². The smallest absolute Gasteiger partial charge is 0.326 e. The molecule has 49 heavy (non-hydrogen) atoms. The Morgan fingerprint density at radius 1 is 1.00 bits per heavy atom. The van der Waals surface area contributed by atoms with E-state index in [9.17, 15) is 27.9 Å². The van der Waals surface area contributed by atoms with Crippen LogP contribution in [0.25, 0.3) is 10.8 Å². The first kappa shape index (κ1) is 37.1. The lowest BCUT2D eigenvalue weighted by Gasteiger charge is -2.30. The van der Waals surface area contributed by atoms with Crippen LogP contribution in [0.5, 0.6) is 0 Å². The molecule has 0 saturated carbocycles. The molecule has 3 atom stereocenters. The van der Waals surface area contributed by atoms with Crippen LogP contribution in [0, 0.1) is 5.41 Å². The number of hydrogen-bond acceptors (Lipinski definition) is 8. The molecule has 0 aliphatic carbocycles. The summed E-state index contributed by atoms with van der Waals surface area (Å²) in [5.74, 6) is -2.24. The molecule has 0 radical (unpaired) electrons. The van der Waals surface area contributed by atoms with Gasteiger partial charge in [0.05, 0.1) is 5.75 Å². The van der Waals surface area contributed by atoms with E-state index in [0.29, 0.717) is 58.0 Å². The minimum Gasteiger partial charge on any atom is -0.480 e. The van der Waals surface area contributed by atoms with Crippen molar-refractivity contribution >= 4 is 50.2 Å². The number of nitrogens with one attached hydrogen (secondary N) is 5. The van der Waals surface area contributed by atoms with E-state index in [2.05, 4.69) is 21.5 Å². The Morgan fingerprint density at radius 3 is 2.49 bits per heavy atom. The number of rotatable bonds is 18. The van der Waals surface area contributed by atoms with Crippen molar-refractivity contribution in [2.75, 3.05) is 24.3 Å². The van der Waals surface area contributed by atoms with Crippen LogP contribution >= 0.6 is 0 Å². The van der Waals surface area contributed by atoms with E-state index >= 15 is 0 Å². The normalized spacial score (nSPS) is 15.8. The molecule has 4 rings (SSSR count). The molecule has 0 unspecified atom stereocenters. The number of primary sulfonamides is 1. The van der Waals surface area contributed by atoms with Crippen LogP contribution in [0.3, 0.4) is 0 Å². The van der Waals surface area contributed by atoms with E-state index in [1.165, 1.54) is 4.90 Å². The third-order valence-corrected chi connectivity index (χ3v) is 9.36. The largest absolute Gasteiger partial charge is 0.480 e. The number of hydrazine groups is 1. The number of guanidine groups is 1. The second-order valence-corrected chi connectivity index (χ2v) is 14.0. The van der Waals surface area contributed by atoms with E-state index in [1.54, 1.807) is 0 Å². The molecule has 2 amide bonds. The summed E-state index contributed by atoms with van der Waals surface area (Å²) in [6.45, 7) is 0.658. The summed E-state index contributed by atoms with van der Waals surface area (Å²) in [6.07, 6.45) is 3.74. The highest BCUT2D eigenvalue weighted by atomic mass is 32.2. The van der Waals surface area contributed by atoms with Gasteiger partial charge in [0, 0.05) is 18.8 Å². The summed E-state index contributed by atoms with van der Waals surface area (Å²) in [7, 11) is -3.49. The summed E-state index contributed by atoms with van der Waals surface area (Å²) in [5, 5.41) is 29.3. The second kappa shape index (κ2) is 17.6. The van der Waals surface area contributed by atoms with Crippen molar-refractivity contribution in [3.63, 3.8) is 0 Å². The number of carbonyl (C=O) groups excluding carboxylic acids is 2. The number of nitrogens with two attached hydrogens (primary N) is 2. The van der Waals surface area contributed by atoms with Gasteiger partial charge in [0.2, 0.25) is 21.8 Å². The van der Waals surface area contributed by atoms with Gasteiger partial charge >= 0.3 is 5.97 Å². The Kier molecular flexibility index (Phi) is 13.3. The number of nitrogens with zero attached hydrogens (tertiary/aromatic N) is 1. The first-order chi connectivity index (χ1) is 23.4. The van der Waals surface area contributed by atoms with Crippen LogP contribution < -0.4 is 32.4 Å². The predicted molar refractivity (Wildman–Crippen MR) is 189 cm³/mol. The number of anilines is 1. The van der Waals surface area contributed by atoms with Crippen molar-refractivity contribution in [3.05, 3.63) is 77.9 Å². The number of aliphatic carboxylic acids is 1. The van der Waals surface area contributed by atoms with Gasteiger partial charge in [-0.3, -0.25) is 15.0 Å². The number of unbranched alkanes of at least 4 members (excludes halogenated alkanes) is 1. The van der Waals surface area contributed by atoms with Crippen molar-refractivity contribution in [1.29, 1.82) is 5.41 Å². The Morgan fingerprint density at radius 2 is 1.78 bits per heavy atom. The molecule has 14 nitrogen and oxygen atoms in total. The lowest BCUT2D eigenvalue weighted by atomic mass is 10.00. The average Bonchev–Trinajstić information content (AvgIpc) is 3.56. The highest BCUT2D eigenvalue weighted by Gasteiger charge is 2.38. The van der Waals surface area contributed by atoms with Gasteiger partial charge in [-0.25, -0.2) is 23.8 Å². The molecule has 3 aromatic carbocycles. The fourth-order valence-corrected chi connectivity index (χ4v) is 6.65. The van der Waals surface area contributed by atoms with Gasteiger partial charge in [0.25, 0.3) is 0 Å². The van der Waals surface area contributed by atoms with E-state index in [-0.39, 0.29) is 24.0 Å². The summed E-state index contributed by atoms with van der Waals surface area (Å²) in [6, 6.07) is 18.6. The zero-order chi connectivity index (χ0) is 35.4. The number of carboxylic acids is 1. The van der Waals surface area contributed by atoms with Crippen LogP contribution in [0.2, 0.25) is 0 Å². The lowest BCUT2D eigenvalue weighted by Crippen LogP contribution is -2.55. The van der Waals surface area contributed by atoms with Gasteiger partial charge in [-0.05, 0) is 85.4 Å². The topological polar surface area (TPSA) is 233 Å². The van der Waals surface area contributed by atoms with Crippen molar-refractivity contribution in [1.82, 2.24) is 21.0 Å². The number of aryl methyl sites for hydroxylation is 1. The molecule has 0 spiro atoms. The van der Waals surface area contributed by atoms with Crippen molar-refractivity contribution in [2.24, 2.45) is 10.9 Å². The summed E-state index contributed by atoms with van der Waals surface area (Å²) >= 11 is 0. The van der Waals surface area contributed by atoms with Crippen LogP contribution in [0.15, 0.2) is 66.7 Å². The van der Waals surface area contributed by atoms with E-state index in [4.69, 9.17) is 16.3 Å². The van der Waals surface area contributed by atoms with Crippen molar-refractivity contribution < 1.29 is 27.9 Å². The molecule has 1 aliphatic heterocycles. The maximum Gasteiger partial charge on any atom is 0.326 e. The number of carbonyl (C=O) groups is 3. The molecular weight excluding hydrogens is 648 g/mol. The Balaban J connectivity index is 1.45. The first-order valence-electron chi connectivity index (χ1n) is 16.4. The molecular formula is C34H46N8O6S. The highest BCUT2D eigenvalue weighted by molar-refractivity contribution is 7.89. The highest BCUT2D eigenvalue weighted by Crippen LogP contribution is 2.25. The summed E-state index contributed by atoms with van der Waals surface area (Å²) < 4.78 is 22.6. The zero-order valence-electron chi connectivity index (χ0n) is 27.4. The van der Waals surface area contributed by atoms with Gasteiger partial charge in [0.15, 0.2) is 5.96 Å². The van der Waals surface area contributed by atoms with Crippen molar-refractivity contribution in [2.45, 2.75) is 69.5 Å². The Bertz CT molecular complexity index is 1720. The Hall–Kier alpha value is -4.73. The van der Waals surface area contributed by atoms with Crippen LogP contribution in [-0.2, 0) is 37.2 Å². The molecule has 0 bridgehead atoms. The SMILES string of the molecule is N=C(N)NCCC[C@H](NC(=O)[C@@H]1CCCN1C(=O)[C@@H](Cc1ccccc1)NNc1ccc2c(CCCCS(N)(=O)=O)cccc2c1)C(=O)O. The van der Waals surface area contributed by atoms with Gasteiger partial charge in [-0.2, -0.15) is 0 Å². The number of amides is 2. The number of fused-ring (bicyclic) bond motifs is 1. The fourth-order valence-electron chi connectivity index (χ4n) is 6.04. The minimum atomic E-state index is -3.49. The third kappa shape index (κ3) is 11.4. The third-order valence-electron chi connectivity index (χ3n) is 8.51. The summed E-state index contributed by atoms with van der Waals surface area (Å²) in [5.41, 5.74) is 14.4. The van der Waals surface area contributed by atoms with E-state index in [1.807, 2.05) is 66.7 Å². The van der Waals surface area contributed by atoms with E-state index < -0.39 is 40.0 Å². The average molecular weight is 695 g/mol. The number of hydrogen-bond donors (Lipinski definition) is 8. The molecule has 1 heterocycles. The Labute approximate surface area is 286 Å². The molecule has 15 heteroatoms. The standard InChI is InChI=1S/C34H46N8O6S/c35-34(36)38-18-7-14-28(33(45)46)39-31(43)30-15-8-19-42(30)32(44)29(21-23-9-2-1-3-10-23)41-40-26-16-17-27-24(12-6-13-25(27)22-26)11-4-5-20-49(37,47)48/h1-3,6,9-10,12-13,16-17,22,28-30,40-41H,4-5,7-8,11,14-15,18-21H2,(H,39,43)(H,45,46)(H4,35,36,38)(H2,37,47,48)/t28-,29+,30-/m0/s1. The van der Waals surface area contributed by atoms with Gasteiger partial charge < -0.3 is 31.8 Å². The van der Waals surface area contributed by atoms with Gasteiger partial charge in [-0.1, -0.05) is 54.6 Å². The molecule has 1 aliphatic rings. The molecule has 10 N–H and O–H groups in total. The second-order valence-electron chi connectivity index (χ2n) is 12.3. The quantitative estimate of drug-likeness (QED) is 0.0416. The molecule has 3 aromatic rings. The van der Waals surface area contributed by atoms with Gasteiger partial charge in [-0.15, -0.1) is 0 Å². The van der Waals surface area contributed by atoms with Crippen LogP contribution in [0.1, 0.15) is 49.7 Å². The fraction of sp³-hybridized carbons (Fsp3) is 0.412. The molecule has 0 aromatic heterocycles. The lowest BCUT2D eigenvalue weighted by molar-refractivity contribution is -0.144. The number of carboxylic acid groups (broad SMARTS) is 1.